The molecule has 114 valence electrons. The maximum absolute atomic E-state index is 12.1. The first-order valence-electron chi connectivity index (χ1n) is 6.13. The Balaban J connectivity index is 2.25. The summed E-state index contributed by atoms with van der Waals surface area (Å²) in [5.41, 5.74) is 0.712. The summed E-state index contributed by atoms with van der Waals surface area (Å²) in [6.45, 7) is 2.63. The molecule has 0 aliphatic carbocycles. The molecule has 1 N–H and O–H groups in total. The first-order chi connectivity index (χ1) is 9.51. The molecule has 0 unspecified atom stereocenters. The number of nitrogens with one attached hydrogen (secondary N) is 1. The van der Waals surface area contributed by atoms with Gasteiger partial charge in [-0.1, -0.05) is 12.1 Å². The smallest absolute Gasteiger partial charge is 0.406 e. The van der Waals surface area contributed by atoms with Crippen molar-refractivity contribution in [3.8, 4) is 5.75 Å². The monoisotopic (exact) mass is 293 g/mol. The van der Waals surface area contributed by atoms with Crippen molar-refractivity contribution < 1.29 is 27.4 Å². The summed E-state index contributed by atoms with van der Waals surface area (Å²) in [6.07, 6.45) is -4.67. The van der Waals surface area contributed by atoms with Crippen molar-refractivity contribution in [1.29, 1.82) is 0 Å². The molecule has 0 amide bonds. The molecule has 1 aromatic rings. The maximum atomic E-state index is 12.1. The molecule has 0 fully saturated rings. The topological polar surface area (TPSA) is 39.7 Å². The Morgan fingerprint density at radius 1 is 1.15 bits per heavy atom. The van der Waals surface area contributed by atoms with Crippen LogP contribution in [0.2, 0.25) is 0 Å². The highest BCUT2D eigenvalue weighted by Gasteiger charge is 2.31. The summed E-state index contributed by atoms with van der Waals surface area (Å²) in [4.78, 5) is 0. The van der Waals surface area contributed by atoms with Gasteiger partial charge in [0.2, 0.25) is 0 Å². The molecule has 0 aromatic heterocycles. The maximum Gasteiger partial charge on any atom is 0.573 e. The summed E-state index contributed by atoms with van der Waals surface area (Å²) in [7, 11) is 1.59. The van der Waals surface area contributed by atoms with Crippen molar-refractivity contribution in [1.82, 2.24) is 5.32 Å². The summed E-state index contributed by atoms with van der Waals surface area (Å²) in [6, 6.07) is 5.87. The molecule has 0 aliphatic rings. The van der Waals surface area contributed by atoms with Crippen LogP contribution in [0.1, 0.15) is 5.56 Å². The summed E-state index contributed by atoms with van der Waals surface area (Å²) in [5.74, 6) is -0.215. The van der Waals surface area contributed by atoms with Gasteiger partial charge in [0.25, 0.3) is 0 Å². The number of ether oxygens (including phenoxy) is 3. The number of alkyl halides is 3. The van der Waals surface area contributed by atoms with Crippen molar-refractivity contribution in [2.75, 3.05) is 33.5 Å². The fourth-order valence-corrected chi connectivity index (χ4v) is 1.47. The summed E-state index contributed by atoms with van der Waals surface area (Å²) >= 11 is 0. The van der Waals surface area contributed by atoms with Gasteiger partial charge in [-0.15, -0.1) is 13.2 Å². The molecular weight excluding hydrogens is 275 g/mol. The van der Waals surface area contributed by atoms with Gasteiger partial charge in [0.15, 0.2) is 0 Å². The number of hydrogen-bond acceptors (Lipinski definition) is 4. The molecule has 7 heteroatoms. The van der Waals surface area contributed by atoms with Gasteiger partial charge in [0.1, 0.15) is 5.75 Å². The van der Waals surface area contributed by atoms with Gasteiger partial charge < -0.3 is 19.5 Å². The van der Waals surface area contributed by atoms with Crippen LogP contribution < -0.4 is 10.1 Å². The molecule has 0 heterocycles. The molecule has 1 rings (SSSR count). The third-order valence-electron chi connectivity index (χ3n) is 2.32. The Labute approximate surface area is 115 Å². The summed E-state index contributed by atoms with van der Waals surface area (Å²) < 4.78 is 50.1. The van der Waals surface area contributed by atoms with Crippen LogP contribution in [0, 0.1) is 0 Å². The number of benzene rings is 1. The molecule has 0 radical (unpaired) electrons. The van der Waals surface area contributed by atoms with Crippen LogP contribution in [0.25, 0.3) is 0 Å². The zero-order chi connectivity index (χ0) is 14.8. The van der Waals surface area contributed by atoms with Gasteiger partial charge in [-0.3, -0.25) is 0 Å². The molecule has 0 saturated carbocycles. The lowest BCUT2D eigenvalue weighted by atomic mass is 10.2. The second-order valence-corrected chi connectivity index (χ2v) is 3.98. The second-order valence-electron chi connectivity index (χ2n) is 3.98. The van der Waals surface area contributed by atoms with Crippen LogP contribution in [-0.4, -0.2) is 39.8 Å². The zero-order valence-corrected chi connectivity index (χ0v) is 11.2. The number of methoxy groups -OCH3 is 1. The van der Waals surface area contributed by atoms with E-state index in [1.54, 1.807) is 13.2 Å². The van der Waals surface area contributed by atoms with Gasteiger partial charge in [-0.25, -0.2) is 0 Å². The number of rotatable bonds is 9. The van der Waals surface area contributed by atoms with Gasteiger partial charge in [-0.2, -0.15) is 0 Å². The highest BCUT2D eigenvalue weighted by molar-refractivity contribution is 5.28. The average Bonchev–Trinajstić information content (AvgIpc) is 2.36. The van der Waals surface area contributed by atoms with Crippen LogP contribution >= 0.6 is 0 Å². The fraction of sp³-hybridized carbons (Fsp3) is 0.538. The highest BCUT2D eigenvalue weighted by atomic mass is 19.4. The molecule has 0 spiro atoms. The third kappa shape index (κ3) is 7.98. The van der Waals surface area contributed by atoms with Gasteiger partial charge in [-0.05, 0) is 17.7 Å². The first-order valence-corrected chi connectivity index (χ1v) is 6.13. The van der Waals surface area contributed by atoms with Crippen LogP contribution in [0.3, 0.4) is 0 Å². The van der Waals surface area contributed by atoms with Crippen LogP contribution in [-0.2, 0) is 16.0 Å². The molecular formula is C13H18F3NO3. The molecule has 0 atom stereocenters. The van der Waals surface area contributed by atoms with E-state index >= 15 is 0 Å². The van der Waals surface area contributed by atoms with Crippen LogP contribution in [0.5, 0.6) is 5.75 Å². The molecule has 20 heavy (non-hydrogen) atoms. The van der Waals surface area contributed by atoms with Crippen LogP contribution in [0.4, 0.5) is 13.2 Å². The Morgan fingerprint density at radius 2 is 1.95 bits per heavy atom. The van der Waals surface area contributed by atoms with Gasteiger partial charge in [0.05, 0.1) is 19.8 Å². The van der Waals surface area contributed by atoms with E-state index in [2.05, 4.69) is 10.1 Å². The lowest BCUT2D eigenvalue weighted by molar-refractivity contribution is -0.274. The fourth-order valence-electron chi connectivity index (χ4n) is 1.47. The van der Waals surface area contributed by atoms with E-state index in [9.17, 15) is 13.2 Å². The van der Waals surface area contributed by atoms with E-state index in [1.807, 2.05) is 0 Å². The van der Waals surface area contributed by atoms with Crippen LogP contribution in [0.15, 0.2) is 24.3 Å². The highest BCUT2D eigenvalue weighted by Crippen LogP contribution is 2.23. The third-order valence-corrected chi connectivity index (χ3v) is 2.32. The molecule has 1 aromatic carbocycles. The van der Waals surface area contributed by atoms with E-state index in [0.717, 1.165) is 0 Å². The van der Waals surface area contributed by atoms with Crippen molar-refractivity contribution in [3.63, 3.8) is 0 Å². The Hall–Kier alpha value is -1.31. The lowest BCUT2D eigenvalue weighted by Gasteiger charge is -2.10. The Bertz CT molecular complexity index is 385. The van der Waals surface area contributed by atoms with E-state index in [-0.39, 0.29) is 5.75 Å². The largest absolute Gasteiger partial charge is 0.573 e. The SMILES string of the molecule is COCCOCCNCc1cccc(OC(F)(F)F)c1. The van der Waals surface area contributed by atoms with E-state index in [4.69, 9.17) is 9.47 Å². The normalized spacial score (nSPS) is 11.6. The van der Waals surface area contributed by atoms with Crippen molar-refractivity contribution >= 4 is 0 Å². The van der Waals surface area contributed by atoms with Crippen molar-refractivity contribution in [2.24, 2.45) is 0 Å². The van der Waals surface area contributed by atoms with E-state index in [1.165, 1.54) is 18.2 Å². The minimum atomic E-state index is -4.67. The first kappa shape index (κ1) is 16.7. The average molecular weight is 293 g/mol. The number of halogens is 3. The Morgan fingerprint density at radius 3 is 2.65 bits per heavy atom. The second kappa shape index (κ2) is 8.78. The van der Waals surface area contributed by atoms with Gasteiger partial charge >= 0.3 is 6.36 Å². The molecule has 4 nitrogen and oxygen atoms in total. The zero-order valence-electron chi connectivity index (χ0n) is 11.2. The van der Waals surface area contributed by atoms with E-state index in [0.29, 0.717) is 38.5 Å². The Kier molecular flexibility index (Phi) is 7.35. The minimum Gasteiger partial charge on any atom is -0.406 e. The standard InChI is InChI=1S/C13H18F3NO3/c1-18-7-8-19-6-5-17-10-11-3-2-4-12(9-11)20-13(14,15)16/h2-4,9,17H,5-8,10H2,1H3. The minimum absolute atomic E-state index is 0.215. The predicted octanol–water partition coefficient (Wildman–Crippen LogP) is 2.34. The molecule has 0 aliphatic heterocycles. The molecule has 0 bridgehead atoms. The predicted molar refractivity (Wildman–Crippen MR) is 67.5 cm³/mol. The van der Waals surface area contributed by atoms with E-state index < -0.39 is 6.36 Å². The van der Waals surface area contributed by atoms with Crippen molar-refractivity contribution in [2.45, 2.75) is 12.9 Å². The summed E-state index contributed by atoms with van der Waals surface area (Å²) in [5, 5.41) is 3.07. The van der Waals surface area contributed by atoms with Gasteiger partial charge in [0, 0.05) is 20.2 Å². The molecule has 0 saturated heterocycles. The number of hydrogen-bond donors (Lipinski definition) is 1. The van der Waals surface area contributed by atoms with Crippen molar-refractivity contribution in [3.05, 3.63) is 29.8 Å². The quantitative estimate of drug-likeness (QED) is 0.709. The lowest BCUT2D eigenvalue weighted by Crippen LogP contribution is -2.20.